The first-order valence-corrected chi connectivity index (χ1v) is 6.72. The molecule has 0 bridgehead atoms. The second-order valence-electron chi connectivity index (χ2n) is 5.57. The van der Waals surface area contributed by atoms with Crippen molar-refractivity contribution in [2.45, 2.75) is 27.2 Å². The van der Waals surface area contributed by atoms with E-state index in [1.54, 1.807) is 0 Å². The van der Waals surface area contributed by atoms with Crippen LogP contribution in [-0.4, -0.2) is 13.6 Å². The van der Waals surface area contributed by atoms with Gasteiger partial charge in [0.1, 0.15) is 5.82 Å². The highest BCUT2D eigenvalue weighted by Crippen LogP contribution is 2.29. The average molecular weight is 302 g/mol. The molecule has 0 spiro atoms. The van der Waals surface area contributed by atoms with Crippen LogP contribution < -0.4 is 5.32 Å². The Morgan fingerprint density at radius 3 is 2.47 bits per heavy atom. The first-order valence-electron chi connectivity index (χ1n) is 5.93. The highest BCUT2D eigenvalue weighted by Gasteiger charge is 2.24. The quantitative estimate of drug-likeness (QED) is 0.886. The normalized spacial score (nSPS) is 13.8. The van der Waals surface area contributed by atoms with E-state index in [9.17, 15) is 4.39 Å². The summed E-state index contributed by atoms with van der Waals surface area (Å²) in [6.07, 6.45) is 0.962. The van der Waals surface area contributed by atoms with E-state index < -0.39 is 0 Å². The van der Waals surface area contributed by atoms with Crippen LogP contribution >= 0.6 is 15.9 Å². The van der Waals surface area contributed by atoms with Crippen molar-refractivity contribution in [3.8, 4) is 0 Å². The molecule has 1 atom stereocenters. The number of rotatable bonds is 4. The van der Waals surface area contributed by atoms with E-state index in [2.05, 4.69) is 42.0 Å². The van der Waals surface area contributed by atoms with E-state index in [-0.39, 0.29) is 11.2 Å². The van der Waals surface area contributed by atoms with Crippen LogP contribution in [0.15, 0.2) is 22.7 Å². The Morgan fingerprint density at radius 2 is 2.00 bits per heavy atom. The Morgan fingerprint density at radius 1 is 1.35 bits per heavy atom. The zero-order chi connectivity index (χ0) is 13.1. The Balaban J connectivity index is 2.82. The lowest BCUT2D eigenvalue weighted by Crippen LogP contribution is -2.31. The number of benzene rings is 1. The van der Waals surface area contributed by atoms with Gasteiger partial charge in [-0.15, -0.1) is 0 Å². The largest absolute Gasteiger partial charge is 0.319 e. The van der Waals surface area contributed by atoms with Crippen molar-refractivity contribution in [3.05, 3.63) is 34.1 Å². The molecule has 0 aromatic heterocycles. The maximum absolute atomic E-state index is 13.2. The molecule has 1 rings (SSSR count). The van der Waals surface area contributed by atoms with Crippen LogP contribution in [0, 0.1) is 17.2 Å². The molecule has 0 fully saturated rings. The van der Waals surface area contributed by atoms with Crippen molar-refractivity contribution in [2.24, 2.45) is 11.3 Å². The molecule has 0 saturated carbocycles. The molecule has 1 aromatic carbocycles. The van der Waals surface area contributed by atoms with Crippen molar-refractivity contribution in [3.63, 3.8) is 0 Å². The molecule has 3 heteroatoms. The summed E-state index contributed by atoms with van der Waals surface area (Å²) < 4.78 is 13.7. The molecule has 17 heavy (non-hydrogen) atoms. The lowest BCUT2D eigenvalue weighted by molar-refractivity contribution is 0.235. The fourth-order valence-corrected chi connectivity index (χ4v) is 2.31. The molecule has 0 radical (unpaired) electrons. The van der Waals surface area contributed by atoms with Gasteiger partial charge < -0.3 is 5.32 Å². The zero-order valence-corrected chi connectivity index (χ0v) is 12.6. The molecule has 1 N–H and O–H groups in total. The van der Waals surface area contributed by atoms with Gasteiger partial charge in [-0.2, -0.15) is 0 Å². The van der Waals surface area contributed by atoms with Gasteiger partial charge in [-0.25, -0.2) is 4.39 Å². The van der Waals surface area contributed by atoms with Gasteiger partial charge >= 0.3 is 0 Å². The number of halogens is 2. The van der Waals surface area contributed by atoms with Crippen molar-refractivity contribution < 1.29 is 4.39 Å². The second-order valence-corrected chi connectivity index (χ2v) is 6.43. The molecule has 0 amide bonds. The molecule has 0 aliphatic carbocycles. The van der Waals surface area contributed by atoms with Gasteiger partial charge in [0.05, 0.1) is 4.47 Å². The molecule has 0 aliphatic rings. The minimum atomic E-state index is -0.199. The fraction of sp³-hybridized carbons (Fsp3) is 0.571. The van der Waals surface area contributed by atoms with Gasteiger partial charge in [-0.3, -0.25) is 0 Å². The Bertz CT molecular complexity index is 371. The Kier molecular flexibility index (Phi) is 5.14. The standard InChI is InChI=1S/C14H21BrFN/c1-14(2,3)11(9-17-4)7-10-5-6-13(16)12(15)8-10/h5-6,8,11,17H,7,9H2,1-4H3. The topological polar surface area (TPSA) is 12.0 Å². The van der Waals surface area contributed by atoms with E-state index in [0.29, 0.717) is 10.4 Å². The van der Waals surface area contributed by atoms with Crippen LogP contribution in [0.3, 0.4) is 0 Å². The maximum atomic E-state index is 13.2. The predicted octanol–water partition coefficient (Wildman–Crippen LogP) is 4.01. The Labute approximate surface area is 112 Å². The molecule has 0 aliphatic heterocycles. The summed E-state index contributed by atoms with van der Waals surface area (Å²) in [4.78, 5) is 0. The molecule has 1 unspecified atom stereocenters. The van der Waals surface area contributed by atoms with E-state index in [0.717, 1.165) is 13.0 Å². The smallest absolute Gasteiger partial charge is 0.137 e. The lowest BCUT2D eigenvalue weighted by atomic mass is 9.77. The maximum Gasteiger partial charge on any atom is 0.137 e. The van der Waals surface area contributed by atoms with Gasteiger partial charge in [0.15, 0.2) is 0 Å². The van der Waals surface area contributed by atoms with E-state index in [1.807, 2.05) is 19.2 Å². The van der Waals surface area contributed by atoms with Crippen LogP contribution in [0.1, 0.15) is 26.3 Å². The van der Waals surface area contributed by atoms with Gasteiger partial charge in [-0.05, 0) is 65.0 Å². The van der Waals surface area contributed by atoms with Crippen LogP contribution in [-0.2, 0) is 6.42 Å². The molecule has 1 aromatic rings. The summed E-state index contributed by atoms with van der Waals surface area (Å²) in [5.74, 6) is 0.333. The molecular weight excluding hydrogens is 281 g/mol. The minimum absolute atomic E-state index is 0.199. The molecular formula is C14H21BrFN. The molecule has 0 saturated heterocycles. The van der Waals surface area contributed by atoms with Gasteiger partial charge in [-0.1, -0.05) is 26.8 Å². The summed E-state index contributed by atoms with van der Waals surface area (Å²) in [5.41, 5.74) is 1.41. The van der Waals surface area contributed by atoms with Crippen molar-refractivity contribution in [2.75, 3.05) is 13.6 Å². The van der Waals surface area contributed by atoms with Crippen LogP contribution in [0.2, 0.25) is 0 Å². The lowest BCUT2D eigenvalue weighted by Gasteiger charge is -2.30. The Hall–Kier alpha value is -0.410. The number of nitrogens with one attached hydrogen (secondary N) is 1. The zero-order valence-electron chi connectivity index (χ0n) is 11.0. The van der Waals surface area contributed by atoms with Gasteiger partial charge in [0.25, 0.3) is 0 Å². The molecule has 1 nitrogen and oxygen atoms in total. The summed E-state index contributed by atoms with van der Waals surface area (Å²) in [6.45, 7) is 7.70. The van der Waals surface area contributed by atoms with Crippen molar-refractivity contribution in [1.82, 2.24) is 5.32 Å². The SMILES string of the molecule is CNCC(Cc1ccc(F)c(Br)c1)C(C)(C)C. The van der Waals surface area contributed by atoms with Gasteiger partial charge in [0, 0.05) is 0 Å². The van der Waals surface area contributed by atoms with E-state index in [1.165, 1.54) is 11.6 Å². The minimum Gasteiger partial charge on any atom is -0.319 e. The van der Waals surface area contributed by atoms with E-state index >= 15 is 0 Å². The third-order valence-electron chi connectivity index (χ3n) is 3.14. The highest BCUT2D eigenvalue weighted by atomic mass is 79.9. The van der Waals surface area contributed by atoms with Crippen LogP contribution in [0.25, 0.3) is 0 Å². The summed E-state index contributed by atoms with van der Waals surface area (Å²) in [5, 5.41) is 3.23. The third-order valence-corrected chi connectivity index (χ3v) is 3.75. The average Bonchev–Trinajstić information content (AvgIpc) is 2.21. The number of hydrogen-bond donors (Lipinski definition) is 1. The third kappa shape index (κ3) is 4.40. The van der Waals surface area contributed by atoms with Crippen LogP contribution in [0.4, 0.5) is 4.39 Å². The number of hydrogen-bond acceptors (Lipinski definition) is 1. The summed E-state index contributed by atoms with van der Waals surface area (Å²) in [6, 6.07) is 5.27. The van der Waals surface area contributed by atoms with Gasteiger partial charge in [0.2, 0.25) is 0 Å². The monoisotopic (exact) mass is 301 g/mol. The van der Waals surface area contributed by atoms with E-state index in [4.69, 9.17) is 0 Å². The molecule has 96 valence electrons. The van der Waals surface area contributed by atoms with Crippen molar-refractivity contribution >= 4 is 15.9 Å². The molecule has 0 heterocycles. The summed E-state index contributed by atoms with van der Waals surface area (Å²) in [7, 11) is 1.97. The second kappa shape index (κ2) is 5.96. The highest BCUT2D eigenvalue weighted by molar-refractivity contribution is 9.10. The first-order chi connectivity index (χ1) is 7.84. The van der Waals surface area contributed by atoms with Crippen molar-refractivity contribution in [1.29, 1.82) is 0 Å². The first kappa shape index (κ1) is 14.7. The predicted molar refractivity (Wildman–Crippen MR) is 74.7 cm³/mol. The summed E-state index contributed by atoms with van der Waals surface area (Å²) >= 11 is 3.23. The fourth-order valence-electron chi connectivity index (χ4n) is 1.88. The van der Waals surface area contributed by atoms with Crippen LogP contribution in [0.5, 0.6) is 0 Å².